The second-order valence-electron chi connectivity index (χ2n) is 8.81. The summed E-state index contributed by atoms with van der Waals surface area (Å²) in [6.45, 7) is 2.09. The third-order valence-electron chi connectivity index (χ3n) is 6.16. The van der Waals surface area contributed by atoms with Gasteiger partial charge in [-0.3, -0.25) is 4.79 Å². The van der Waals surface area contributed by atoms with Gasteiger partial charge in [-0.2, -0.15) is 0 Å². The number of ether oxygens (including phenoxy) is 1. The number of hydrogen-bond donors (Lipinski definition) is 1. The summed E-state index contributed by atoms with van der Waals surface area (Å²) >= 11 is 0. The lowest BCUT2D eigenvalue weighted by Gasteiger charge is -2.19. The van der Waals surface area contributed by atoms with Crippen LogP contribution in [0.2, 0.25) is 0 Å². The van der Waals surface area contributed by atoms with Crippen molar-refractivity contribution < 1.29 is 9.53 Å². The molecule has 0 saturated heterocycles. The quantitative estimate of drug-likeness (QED) is 0.290. The van der Waals surface area contributed by atoms with Crippen LogP contribution in [0.25, 0.3) is 0 Å². The maximum absolute atomic E-state index is 12.5. The fourth-order valence-electron chi connectivity index (χ4n) is 4.22. The van der Waals surface area contributed by atoms with E-state index in [1.807, 2.05) is 12.1 Å². The fourth-order valence-corrected chi connectivity index (χ4v) is 4.22. The first kappa shape index (κ1) is 25.1. The van der Waals surface area contributed by atoms with Gasteiger partial charge in [0.2, 0.25) is 0 Å². The fraction of sp³-hybridized carbons (Fsp3) is 0.433. The Balaban J connectivity index is 1.28. The molecule has 0 spiro atoms. The highest BCUT2D eigenvalue weighted by atomic mass is 16.5. The molecule has 0 heterocycles. The summed E-state index contributed by atoms with van der Waals surface area (Å²) in [4.78, 5) is 12.5. The minimum atomic E-state index is 0.188. The van der Waals surface area contributed by atoms with Crippen LogP contribution in [0.1, 0.15) is 68.5 Å². The molecular weight excluding hydrogens is 406 g/mol. The van der Waals surface area contributed by atoms with E-state index in [4.69, 9.17) is 4.74 Å². The molecule has 0 saturated carbocycles. The molecule has 0 radical (unpaired) electrons. The van der Waals surface area contributed by atoms with Crippen LogP contribution in [0, 0.1) is 0 Å². The Morgan fingerprint density at radius 3 is 2.30 bits per heavy atom. The number of allylic oxidation sites excluding steroid dienone is 3. The van der Waals surface area contributed by atoms with Gasteiger partial charge in [0.15, 0.2) is 5.78 Å². The van der Waals surface area contributed by atoms with E-state index in [9.17, 15) is 4.79 Å². The highest BCUT2D eigenvalue weighted by Gasteiger charge is 2.14. The summed E-state index contributed by atoms with van der Waals surface area (Å²) in [5.74, 6) is 0.188. The minimum absolute atomic E-state index is 0.188. The van der Waals surface area contributed by atoms with Crippen molar-refractivity contribution in [3.63, 3.8) is 0 Å². The van der Waals surface area contributed by atoms with Crippen molar-refractivity contribution in [2.75, 3.05) is 19.8 Å². The van der Waals surface area contributed by atoms with Crippen molar-refractivity contribution >= 4 is 5.78 Å². The monoisotopic (exact) mass is 445 g/mol. The van der Waals surface area contributed by atoms with Crippen LogP contribution in [0.5, 0.6) is 0 Å². The molecule has 0 aromatic heterocycles. The second-order valence-corrected chi connectivity index (χ2v) is 8.81. The summed E-state index contributed by atoms with van der Waals surface area (Å²) < 4.78 is 5.84. The Bertz CT molecular complexity index is 857. The molecule has 3 rings (SSSR count). The van der Waals surface area contributed by atoms with Gasteiger partial charge in [-0.25, -0.2) is 0 Å². The second kappa shape index (κ2) is 15.4. The molecule has 1 N–H and O–H groups in total. The molecule has 1 aliphatic rings. The number of hydrogen-bond acceptors (Lipinski definition) is 3. The van der Waals surface area contributed by atoms with Crippen LogP contribution in [0.3, 0.4) is 0 Å². The van der Waals surface area contributed by atoms with E-state index in [1.165, 1.54) is 17.5 Å². The molecule has 0 bridgehead atoms. The number of benzene rings is 2. The third kappa shape index (κ3) is 9.89. The van der Waals surface area contributed by atoms with Crippen LogP contribution in [-0.4, -0.2) is 25.5 Å². The molecule has 3 nitrogen and oxygen atoms in total. The summed E-state index contributed by atoms with van der Waals surface area (Å²) in [5, 5.41) is 3.52. The molecule has 2 aromatic carbocycles. The standard InChI is InChI=1S/C30H39NO2/c32-30(28-20-9-3-10-21-28)25-31-29(27-18-7-2-8-19-27)22-11-4-13-23-33-24-14-12-17-26-15-5-1-6-16-26/h1-2,5-9,15-16,18-21,29,31H,3-4,10-14,17,22-25H2. The lowest BCUT2D eigenvalue weighted by molar-refractivity contribution is -0.114. The molecule has 1 unspecified atom stereocenters. The summed E-state index contributed by atoms with van der Waals surface area (Å²) in [7, 11) is 0. The van der Waals surface area contributed by atoms with Crippen molar-refractivity contribution in [1.29, 1.82) is 0 Å². The molecule has 3 heteroatoms. The van der Waals surface area contributed by atoms with Crippen molar-refractivity contribution in [1.82, 2.24) is 5.32 Å². The number of aryl methyl sites for hydroxylation is 1. The molecule has 0 fully saturated rings. The van der Waals surface area contributed by atoms with Crippen LogP contribution in [-0.2, 0) is 16.0 Å². The van der Waals surface area contributed by atoms with Gasteiger partial charge in [-0.05, 0) is 56.1 Å². The molecular formula is C30H39NO2. The van der Waals surface area contributed by atoms with E-state index >= 15 is 0 Å². The van der Waals surface area contributed by atoms with Gasteiger partial charge in [0, 0.05) is 24.8 Å². The Morgan fingerprint density at radius 1 is 0.848 bits per heavy atom. The Labute approximate surface area is 199 Å². The van der Waals surface area contributed by atoms with E-state index in [1.54, 1.807) is 0 Å². The Kier molecular flexibility index (Phi) is 11.7. The smallest absolute Gasteiger partial charge is 0.176 e. The molecule has 1 atom stereocenters. The average Bonchev–Trinajstić information content (AvgIpc) is 2.88. The number of Topliss-reactive ketones (excluding diaryl/α,β-unsaturated/α-hetero) is 1. The highest BCUT2D eigenvalue weighted by Crippen LogP contribution is 2.20. The SMILES string of the molecule is O=C(CNC(CCCCCOCCCCc1ccccc1)c1ccccc1)C1=CCCC=C1. The van der Waals surface area contributed by atoms with Crippen molar-refractivity contribution in [2.24, 2.45) is 0 Å². The van der Waals surface area contributed by atoms with E-state index in [0.717, 1.165) is 70.2 Å². The molecule has 2 aromatic rings. The molecule has 0 aliphatic heterocycles. The lowest BCUT2D eigenvalue weighted by atomic mass is 9.99. The van der Waals surface area contributed by atoms with Crippen LogP contribution < -0.4 is 5.32 Å². The predicted octanol–water partition coefficient (Wildman–Crippen LogP) is 6.76. The summed E-state index contributed by atoms with van der Waals surface area (Å²) in [5.41, 5.74) is 3.52. The Morgan fingerprint density at radius 2 is 1.58 bits per heavy atom. The van der Waals surface area contributed by atoms with Crippen molar-refractivity contribution in [2.45, 2.75) is 63.8 Å². The lowest BCUT2D eigenvalue weighted by Crippen LogP contribution is -2.28. The minimum Gasteiger partial charge on any atom is -0.381 e. The number of nitrogens with one attached hydrogen (secondary N) is 1. The van der Waals surface area contributed by atoms with Gasteiger partial charge in [-0.15, -0.1) is 0 Å². The maximum Gasteiger partial charge on any atom is 0.176 e. The predicted molar refractivity (Wildman–Crippen MR) is 137 cm³/mol. The average molecular weight is 446 g/mol. The van der Waals surface area contributed by atoms with Crippen LogP contribution >= 0.6 is 0 Å². The van der Waals surface area contributed by atoms with E-state index in [2.05, 4.69) is 72.1 Å². The third-order valence-corrected chi connectivity index (χ3v) is 6.16. The number of carbonyl (C=O) groups is 1. The number of ketones is 1. The molecule has 176 valence electrons. The Hall–Kier alpha value is -2.49. The van der Waals surface area contributed by atoms with Crippen LogP contribution in [0.4, 0.5) is 0 Å². The van der Waals surface area contributed by atoms with Gasteiger partial charge < -0.3 is 10.1 Å². The first-order chi connectivity index (χ1) is 16.3. The maximum atomic E-state index is 12.5. The van der Waals surface area contributed by atoms with E-state index in [0.29, 0.717) is 6.54 Å². The zero-order valence-corrected chi connectivity index (χ0v) is 19.9. The van der Waals surface area contributed by atoms with Gasteiger partial charge in [0.25, 0.3) is 0 Å². The first-order valence-corrected chi connectivity index (χ1v) is 12.6. The van der Waals surface area contributed by atoms with Gasteiger partial charge in [-0.1, -0.05) is 91.7 Å². The molecule has 1 aliphatic carbocycles. The zero-order chi connectivity index (χ0) is 23.0. The number of unbranched alkanes of at least 4 members (excludes halogenated alkanes) is 3. The zero-order valence-electron chi connectivity index (χ0n) is 19.9. The van der Waals surface area contributed by atoms with Gasteiger partial charge >= 0.3 is 0 Å². The topological polar surface area (TPSA) is 38.3 Å². The number of carbonyl (C=O) groups excluding carboxylic acids is 1. The summed E-state index contributed by atoms with van der Waals surface area (Å²) in [6.07, 6.45) is 16.0. The van der Waals surface area contributed by atoms with E-state index in [-0.39, 0.29) is 11.8 Å². The molecule has 33 heavy (non-hydrogen) atoms. The first-order valence-electron chi connectivity index (χ1n) is 12.6. The van der Waals surface area contributed by atoms with Crippen molar-refractivity contribution in [3.05, 3.63) is 95.6 Å². The highest BCUT2D eigenvalue weighted by molar-refractivity contribution is 5.99. The molecule has 0 amide bonds. The largest absolute Gasteiger partial charge is 0.381 e. The van der Waals surface area contributed by atoms with Crippen LogP contribution in [0.15, 0.2) is 84.5 Å². The van der Waals surface area contributed by atoms with Gasteiger partial charge in [0.05, 0.1) is 6.54 Å². The van der Waals surface area contributed by atoms with E-state index < -0.39 is 0 Å². The summed E-state index contributed by atoms with van der Waals surface area (Å²) in [6, 6.07) is 21.4. The van der Waals surface area contributed by atoms with Gasteiger partial charge in [0.1, 0.15) is 0 Å². The van der Waals surface area contributed by atoms with Crippen molar-refractivity contribution in [3.8, 4) is 0 Å². The normalized spacial score (nSPS) is 14.1. The number of rotatable bonds is 16.